The van der Waals surface area contributed by atoms with Gasteiger partial charge in [-0.05, 0) is 46.9 Å². The number of aryl methyl sites for hydroxylation is 1. The van der Waals surface area contributed by atoms with Crippen molar-refractivity contribution in [3.8, 4) is 11.6 Å². The van der Waals surface area contributed by atoms with Gasteiger partial charge < -0.3 is 33.2 Å². The van der Waals surface area contributed by atoms with E-state index in [1.165, 1.54) is 0 Å². The third-order valence-electron chi connectivity index (χ3n) is 9.70. The molecule has 6 aromatic rings. The van der Waals surface area contributed by atoms with E-state index >= 15 is 0 Å². The average molecular weight is 775 g/mol. The van der Waals surface area contributed by atoms with Gasteiger partial charge in [0.25, 0.3) is 0 Å². The number of hydrogen-bond acceptors (Lipinski definition) is 8. The Morgan fingerprint density at radius 1 is 0.625 bits per heavy atom. The van der Waals surface area contributed by atoms with Gasteiger partial charge in [0.05, 0.1) is 45.2 Å². The van der Waals surface area contributed by atoms with Crippen LogP contribution < -0.4 is 9.47 Å². The third-order valence-corrected chi connectivity index (χ3v) is 10.00. The fourth-order valence-corrected chi connectivity index (χ4v) is 6.99. The minimum atomic E-state index is -0.956. The number of rotatable bonds is 18. The molecule has 5 atom stereocenters. The van der Waals surface area contributed by atoms with Crippen LogP contribution in [0.2, 0.25) is 5.02 Å². The quantitative estimate of drug-likeness (QED) is 0.0925. The maximum atomic E-state index is 6.91. The van der Waals surface area contributed by atoms with Crippen molar-refractivity contribution in [1.82, 2.24) is 10.2 Å². The van der Waals surface area contributed by atoms with Gasteiger partial charge in [-0.2, -0.15) is 0 Å². The summed E-state index contributed by atoms with van der Waals surface area (Å²) in [7, 11) is 1.60. The Balaban J connectivity index is 1.23. The number of methoxy groups -OCH3 is 1. The van der Waals surface area contributed by atoms with E-state index < -0.39 is 30.7 Å². The molecule has 7 rings (SSSR count). The first kappa shape index (κ1) is 39.2. The predicted molar refractivity (Wildman–Crippen MR) is 215 cm³/mol. The van der Waals surface area contributed by atoms with E-state index in [4.69, 9.17) is 44.8 Å². The van der Waals surface area contributed by atoms with Gasteiger partial charge in [-0.25, -0.2) is 0 Å². The molecule has 1 saturated heterocycles. The van der Waals surface area contributed by atoms with Crippen LogP contribution >= 0.6 is 11.6 Å². The Morgan fingerprint density at radius 2 is 1.14 bits per heavy atom. The van der Waals surface area contributed by atoms with Crippen molar-refractivity contribution in [2.75, 3.05) is 13.7 Å². The van der Waals surface area contributed by atoms with Gasteiger partial charge in [0.2, 0.25) is 12.2 Å². The average Bonchev–Trinajstić information content (AvgIpc) is 3.57. The topological polar surface area (TPSA) is 93.3 Å². The molecular weight excluding hydrogens is 728 g/mol. The minimum Gasteiger partial charge on any atom is -0.495 e. The van der Waals surface area contributed by atoms with Crippen molar-refractivity contribution in [3.05, 3.63) is 184 Å². The summed E-state index contributed by atoms with van der Waals surface area (Å²) in [6.45, 7) is 3.51. The Hall–Kier alpha value is -5.00. The van der Waals surface area contributed by atoms with Crippen molar-refractivity contribution in [2.45, 2.75) is 70.5 Å². The first-order chi connectivity index (χ1) is 27.5. The summed E-state index contributed by atoms with van der Waals surface area (Å²) in [5.74, 6) is 0.998. The summed E-state index contributed by atoms with van der Waals surface area (Å²) in [6, 6.07) is 45.9. The zero-order chi connectivity index (χ0) is 38.5. The van der Waals surface area contributed by atoms with Crippen LogP contribution in [0.25, 0.3) is 0 Å². The number of benzene rings is 5. The predicted octanol–water partition coefficient (Wildman–Crippen LogP) is 9.05. The summed E-state index contributed by atoms with van der Waals surface area (Å²) in [4.78, 5) is 0. The van der Waals surface area contributed by atoms with Gasteiger partial charge in [-0.15, -0.1) is 5.10 Å². The number of nitrogens with zero attached hydrogens (tertiary/aromatic N) is 1. The van der Waals surface area contributed by atoms with Gasteiger partial charge in [0.1, 0.15) is 30.2 Å². The number of aromatic nitrogens is 2. The molecule has 0 radical (unpaired) electrons. The van der Waals surface area contributed by atoms with Crippen molar-refractivity contribution in [3.63, 3.8) is 0 Å². The van der Waals surface area contributed by atoms with E-state index in [0.717, 1.165) is 39.1 Å². The van der Waals surface area contributed by atoms with Crippen molar-refractivity contribution >= 4 is 11.6 Å². The highest BCUT2D eigenvalue weighted by molar-refractivity contribution is 6.32. The molecule has 0 unspecified atom stereocenters. The number of aromatic amines is 1. The highest BCUT2D eigenvalue weighted by Crippen LogP contribution is 2.34. The second-order valence-corrected chi connectivity index (χ2v) is 14.1. The van der Waals surface area contributed by atoms with Crippen molar-refractivity contribution < 1.29 is 33.2 Å². The van der Waals surface area contributed by atoms with Gasteiger partial charge in [-0.1, -0.05) is 139 Å². The Kier molecular flexibility index (Phi) is 13.8. The van der Waals surface area contributed by atoms with Crippen molar-refractivity contribution in [2.24, 2.45) is 0 Å². The van der Waals surface area contributed by atoms with Crippen LogP contribution in [0.4, 0.5) is 0 Å². The molecule has 0 amide bonds. The first-order valence-electron chi connectivity index (χ1n) is 18.8. The van der Waals surface area contributed by atoms with Crippen LogP contribution in [0.15, 0.2) is 140 Å². The number of nitrogens with one attached hydrogen (secondary N) is 1. The molecule has 5 aromatic carbocycles. The molecule has 1 N–H and O–H groups in total. The lowest BCUT2D eigenvalue weighted by molar-refractivity contribution is -0.310. The maximum absolute atomic E-state index is 6.91. The lowest BCUT2D eigenvalue weighted by Crippen LogP contribution is -2.62. The van der Waals surface area contributed by atoms with E-state index in [9.17, 15) is 0 Å². The molecule has 1 aromatic heterocycles. The Labute approximate surface area is 333 Å². The van der Waals surface area contributed by atoms with Gasteiger partial charge in [0, 0.05) is 17.7 Å². The number of ether oxygens (including phenoxy) is 7. The SMILES string of the molecule is COc1ccc(Cc2c(O[C@@H]3O[C@H](COCc4ccccc4)[C@@H](OCc4ccccc4)[C@H](OCc4ccccc4)[C@H]3OCc3ccccc3)n[nH]c2C)cc1Cl. The van der Waals surface area contributed by atoms with Crippen LogP contribution in [-0.2, 0) is 56.5 Å². The van der Waals surface area contributed by atoms with Gasteiger partial charge >= 0.3 is 0 Å². The molecule has 1 aliphatic heterocycles. The highest BCUT2D eigenvalue weighted by atomic mass is 35.5. The van der Waals surface area contributed by atoms with E-state index in [1.807, 2.05) is 146 Å². The van der Waals surface area contributed by atoms with Crippen LogP contribution in [0, 0.1) is 6.92 Å². The smallest absolute Gasteiger partial charge is 0.238 e. The van der Waals surface area contributed by atoms with Gasteiger partial charge in [-0.3, -0.25) is 5.10 Å². The van der Waals surface area contributed by atoms with Crippen LogP contribution in [0.5, 0.6) is 11.6 Å². The second-order valence-electron chi connectivity index (χ2n) is 13.7. The number of halogens is 1. The molecule has 0 aliphatic carbocycles. The van der Waals surface area contributed by atoms with Crippen molar-refractivity contribution in [1.29, 1.82) is 0 Å². The van der Waals surface area contributed by atoms with Crippen LogP contribution in [0.1, 0.15) is 39.1 Å². The van der Waals surface area contributed by atoms with Crippen LogP contribution in [-0.4, -0.2) is 54.6 Å². The summed E-state index contributed by atoms with van der Waals surface area (Å²) in [5, 5.41) is 8.25. The lowest BCUT2D eigenvalue weighted by Gasteiger charge is -2.45. The zero-order valence-corrected chi connectivity index (χ0v) is 32.3. The summed E-state index contributed by atoms with van der Waals surface area (Å²) < 4.78 is 45.9. The molecule has 1 aliphatic rings. The van der Waals surface area contributed by atoms with E-state index in [0.29, 0.717) is 42.9 Å². The molecule has 2 heterocycles. The minimum absolute atomic E-state index is 0.210. The first-order valence-corrected chi connectivity index (χ1v) is 19.2. The standard InChI is InChI=1S/C46H47ClN2O7/c1-32-38(25-37-23-24-40(50-2)39(47)26-37)45(49-48-32)56-46-44(54-30-36-21-13-6-14-22-36)43(53-29-35-19-11-5-12-20-35)42(52-28-34-17-9-4-10-18-34)41(55-46)31-51-27-33-15-7-3-8-16-33/h3-24,26,41-44,46H,25,27-31H2,1-2H3,(H,48,49)/t41-,42-,43+,44-,46+/m1/s1. The summed E-state index contributed by atoms with van der Waals surface area (Å²) in [5.41, 5.74) is 6.77. The molecule has 10 heteroatoms. The zero-order valence-electron chi connectivity index (χ0n) is 31.6. The molecule has 1 fully saturated rings. The molecule has 56 heavy (non-hydrogen) atoms. The molecule has 9 nitrogen and oxygen atoms in total. The monoisotopic (exact) mass is 774 g/mol. The van der Waals surface area contributed by atoms with Crippen LogP contribution in [0.3, 0.4) is 0 Å². The summed E-state index contributed by atoms with van der Waals surface area (Å²) >= 11 is 6.52. The fraction of sp³-hybridized carbons (Fsp3) is 0.283. The number of hydrogen-bond donors (Lipinski definition) is 1. The molecule has 290 valence electrons. The maximum Gasteiger partial charge on any atom is 0.238 e. The van der Waals surface area contributed by atoms with Gasteiger partial charge in [0.15, 0.2) is 0 Å². The Bertz CT molecular complexity index is 2070. The summed E-state index contributed by atoms with van der Waals surface area (Å²) in [6.07, 6.45) is -3.04. The molecule has 0 bridgehead atoms. The second kappa shape index (κ2) is 19.7. The largest absolute Gasteiger partial charge is 0.495 e. The molecule has 0 spiro atoms. The Morgan fingerprint density at radius 3 is 1.68 bits per heavy atom. The third kappa shape index (κ3) is 10.4. The normalized spacial score (nSPS) is 19.4. The highest BCUT2D eigenvalue weighted by Gasteiger charge is 2.50. The fourth-order valence-electron chi connectivity index (χ4n) is 6.71. The van der Waals surface area contributed by atoms with E-state index in [-0.39, 0.29) is 13.2 Å². The molecule has 0 saturated carbocycles. The van der Waals surface area contributed by atoms with E-state index in [2.05, 4.69) is 10.2 Å². The number of H-pyrrole nitrogens is 1. The lowest BCUT2D eigenvalue weighted by atomic mass is 9.97. The van der Waals surface area contributed by atoms with E-state index in [1.54, 1.807) is 7.11 Å². The molecular formula is C46H47ClN2O7.